The maximum absolute atomic E-state index is 11.9. The summed E-state index contributed by atoms with van der Waals surface area (Å²) >= 11 is 0. The summed E-state index contributed by atoms with van der Waals surface area (Å²) in [6.07, 6.45) is 1.78. The van der Waals surface area contributed by atoms with Crippen molar-refractivity contribution in [3.05, 3.63) is 59.5 Å². The third kappa shape index (κ3) is 3.81. The Hall–Kier alpha value is -2.36. The summed E-state index contributed by atoms with van der Waals surface area (Å²) in [5.74, 6) is 0.242. The first-order valence-corrected chi connectivity index (χ1v) is 6.04. The maximum Gasteiger partial charge on any atom is 0.217 e. The highest BCUT2D eigenvalue weighted by Gasteiger charge is 2.09. The molecule has 0 aliphatic rings. The number of amides is 1. The molecule has 0 atom stereocenters. The van der Waals surface area contributed by atoms with Gasteiger partial charge in [-0.3, -0.25) is 9.59 Å². The minimum atomic E-state index is -0.0722. The number of nitrogens with one attached hydrogen (secondary N) is 1. The van der Waals surface area contributed by atoms with Crippen molar-refractivity contribution in [2.24, 2.45) is 0 Å². The van der Waals surface area contributed by atoms with Crippen molar-refractivity contribution in [1.82, 2.24) is 5.32 Å². The second kappa shape index (κ2) is 6.00. The molecule has 0 bridgehead atoms. The van der Waals surface area contributed by atoms with E-state index in [0.717, 1.165) is 11.1 Å². The number of furan rings is 1. The van der Waals surface area contributed by atoms with E-state index in [1.807, 2.05) is 24.3 Å². The molecule has 0 aliphatic carbocycles. The summed E-state index contributed by atoms with van der Waals surface area (Å²) in [6, 6.07) is 10.9. The van der Waals surface area contributed by atoms with Gasteiger partial charge in [-0.25, -0.2) is 0 Å². The summed E-state index contributed by atoms with van der Waals surface area (Å²) in [7, 11) is 0. The van der Waals surface area contributed by atoms with Gasteiger partial charge in [0.05, 0.1) is 6.26 Å². The van der Waals surface area contributed by atoms with Gasteiger partial charge in [0.25, 0.3) is 0 Å². The molecule has 2 aromatic rings. The largest absolute Gasteiger partial charge is 0.461 e. The van der Waals surface area contributed by atoms with Gasteiger partial charge in [-0.2, -0.15) is 0 Å². The van der Waals surface area contributed by atoms with Crippen molar-refractivity contribution >= 4 is 11.7 Å². The molecule has 1 N–H and O–H groups in total. The van der Waals surface area contributed by atoms with Crippen molar-refractivity contribution < 1.29 is 14.0 Å². The highest BCUT2D eigenvalue weighted by Crippen LogP contribution is 2.10. The van der Waals surface area contributed by atoms with Crippen molar-refractivity contribution in [2.75, 3.05) is 0 Å². The van der Waals surface area contributed by atoms with Crippen molar-refractivity contribution in [2.45, 2.75) is 19.9 Å². The van der Waals surface area contributed by atoms with Crippen LogP contribution in [0.5, 0.6) is 0 Å². The molecule has 1 aromatic carbocycles. The zero-order chi connectivity index (χ0) is 13.7. The van der Waals surface area contributed by atoms with E-state index in [1.54, 1.807) is 12.1 Å². The molecule has 4 nitrogen and oxygen atoms in total. The molecule has 98 valence electrons. The molecule has 0 saturated heterocycles. The lowest BCUT2D eigenvalue weighted by Crippen LogP contribution is -2.18. The van der Waals surface area contributed by atoms with Gasteiger partial charge in [0.2, 0.25) is 11.7 Å². The van der Waals surface area contributed by atoms with Crippen LogP contribution in [-0.2, 0) is 17.8 Å². The fourth-order valence-corrected chi connectivity index (χ4v) is 1.79. The average Bonchev–Trinajstić information content (AvgIpc) is 2.91. The molecule has 0 fully saturated rings. The van der Waals surface area contributed by atoms with Crippen LogP contribution in [0.3, 0.4) is 0 Å². The predicted molar refractivity (Wildman–Crippen MR) is 70.7 cm³/mol. The zero-order valence-electron chi connectivity index (χ0n) is 10.7. The van der Waals surface area contributed by atoms with Crippen LogP contribution in [-0.4, -0.2) is 11.7 Å². The van der Waals surface area contributed by atoms with Gasteiger partial charge in [-0.1, -0.05) is 24.3 Å². The Labute approximate surface area is 111 Å². The SMILES string of the molecule is CC(=O)NCc1cccc(CC(=O)c2ccco2)c1. The standard InChI is InChI=1S/C15H15NO3/c1-11(17)16-10-13-5-2-4-12(8-13)9-14(18)15-6-3-7-19-15/h2-8H,9-10H2,1H3,(H,16,17). The second-order valence-corrected chi connectivity index (χ2v) is 4.31. The van der Waals surface area contributed by atoms with E-state index < -0.39 is 0 Å². The molecule has 0 spiro atoms. The highest BCUT2D eigenvalue weighted by molar-refractivity contribution is 5.94. The number of benzene rings is 1. The Morgan fingerprint density at radius 2 is 1.95 bits per heavy atom. The van der Waals surface area contributed by atoms with Crippen LogP contribution in [0.1, 0.15) is 28.6 Å². The predicted octanol–water partition coefficient (Wildman–Crippen LogP) is 2.34. The van der Waals surface area contributed by atoms with Crippen LogP contribution in [0.15, 0.2) is 47.1 Å². The fourth-order valence-electron chi connectivity index (χ4n) is 1.79. The van der Waals surface area contributed by atoms with Gasteiger partial charge in [0.15, 0.2) is 5.76 Å². The van der Waals surface area contributed by atoms with Crippen LogP contribution in [0.4, 0.5) is 0 Å². The number of hydrogen-bond acceptors (Lipinski definition) is 3. The lowest BCUT2D eigenvalue weighted by Gasteiger charge is -2.05. The Balaban J connectivity index is 2.02. The minimum Gasteiger partial charge on any atom is -0.461 e. The van der Waals surface area contributed by atoms with Crippen molar-refractivity contribution in [3.63, 3.8) is 0 Å². The summed E-state index contributed by atoms with van der Waals surface area (Å²) < 4.78 is 5.07. The van der Waals surface area contributed by atoms with Crippen molar-refractivity contribution in [3.8, 4) is 0 Å². The van der Waals surface area contributed by atoms with Crippen LogP contribution >= 0.6 is 0 Å². The maximum atomic E-state index is 11.9. The van der Waals surface area contributed by atoms with E-state index >= 15 is 0 Å². The Morgan fingerprint density at radius 1 is 1.16 bits per heavy atom. The van der Waals surface area contributed by atoms with Gasteiger partial charge in [-0.05, 0) is 23.3 Å². The molecule has 1 aromatic heterocycles. The Bertz CT molecular complexity index is 573. The van der Waals surface area contributed by atoms with E-state index in [-0.39, 0.29) is 11.7 Å². The van der Waals surface area contributed by atoms with Crippen LogP contribution in [0.25, 0.3) is 0 Å². The summed E-state index contributed by atoms with van der Waals surface area (Å²) in [5, 5.41) is 2.73. The first kappa shape index (κ1) is 13.1. The Kier molecular flexibility index (Phi) is 4.13. The molecule has 0 radical (unpaired) electrons. The zero-order valence-corrected chi connectivity index (χ0v) is 10.7. The molecule has 0 saturated carbocycles. The van der Waals surface area contributed by atoms with Gasteiger partial charge in [0.1, 0.15) is 0 Å². The first-order valence-electron chi connectivity index (χ1n) is 6.04. The smallest absolute Gasteiger partial charge is 0.217 e. The van der Waals surface area contributed by atoms with Crippen LogP contribution < -0.4 is 5.32 Å². The second-order valence-electron chi connectivity index (χ2n) is 4.31. The molecule has 1 amide bonds. The summed E-state index contributed by atoms with van der Waals surface area (Å²) in [6.45, 7) is 1.95. The molecule has 2 rings (SSSR count). The lowest BCUT2D eigenvalue weighted by atomic mass is 10.0. The average molecular weight is 257 g/mol. The quantitative estimate of drug-likeness (QED) is 0.836. The molecule has 19 heavy (non-hydrogen) atoms. The monoisotopic (exact) mass is 257 g/mol. The van der Waals surface area contributed by atoms with E-state index in [9.17, 15) is 9.59 Å². The minimum absolute atomic E-state index is 0.0540. The number of carbonyl (C=O) groups excluding carboxylic acids is 2. The molecule has 0 aliphatic heterocycles. The molecular formula is C15H15NO3. The highest BCUT2D eigenvalue weighted by atomic mass is 16.3. The van der Waals surface area contributed by atoms with E-state index in [2.05, 4.69) is 5.32 Å². The molecular weight excluding hydrogens is 242 g/mol. The third-order valence-corrected chi connectivity index (χ3v) is 2.69. The van der Waals surface area contributed by atoms with Crippen LogP contribution in [0.2, 0.25) is 0 Å². The van der Waals surface area contributed by atoms with Crippen molar-refractivity contribution in [1.29, 1.82) is 0 Å². The number of hydrogen-bond donors (Lipinski definition) is 1. The van der Waals surface area contributed by atoms with E-state index in [1.165, 1.54) is 13.2 Å². The molecule has 0 unspecified atom stereocenters. The van der Waals surface area contributed by atoms with Gasteiger partial charge < -0.3 is 9.73 Å². The Morgan fingerprint density at radius 3 is 2.63 bits per heavy atom. The summed E-state index contributed by atoms with van der Waals surface area (Å²) in [5.41, 5.74) is 1.88. The fraction of sp³-hybridized carbons (Fsp3) is 0.200. The lowest BCUT2D eigenvalue weighted by molar-refractivity contribution is -0.119. The number of rotatable bonds is 5. The third-order valence-electron chi connectivity index (χ3n) is 2.69. The molecule has 4 heteroatoms. The van der Waals surface area contributed by atoms with Gasteiger partial charge >= 0.3 is 0 Å². The van der Waals surface area contributed by atoms with Gasteiger partial charge in [-0.15, -0.1) is 0 Å². The normalized spacial score (nSPS) is 10.2. The van der Waals surface area contributed by atoms with E-state index in [4.69, 9.17) is 4.42 Å². The van der Waals surface area contributed by atoms with E-state index in [0.29, 0.717) is 18.7 Å². The summed E-state index contributed by atoms with van der Waals surface area (Å²) in [4.78, 5) is 22.7. The molecule has 1 heterocycles. The first-order chi connectivity index (χ1) is 9.15. The van der Waals surface area contributed by atoms with Crippen LogP contribution in [0, 0.1) is 0 Å². The van der Waals surface area contributed by atoms with Gasteiger partial charge in [0, 0.05) is 19.9 Å². The topological polar surface area (TPSA) is 59.3 Å². The number of carbonyl (C=O) groups is 2. The number of ketones is 1. The number of Topliss-reactive ketones (excluding diaryl/α,β-unsaturated/α-hetero) is 1.